The first kappa shape index (κ1) is 20.1. The molecular weight excluding hydrogens is 384 g/mol. The number of para-hydroxylation sites is 1. The van der Waals surface area contributed by atoms with Gasteiger partial charge in [-0.3, -0.25) is 28.8 Å². The van der Waals surface area contributed by atoms with Gasteiger partial charge in [0.1, 0.15) is 5.69 Å². The van der Waals surface area contributed by atoms with Crippen molar-refractivity contribution < 1.29 is 14.4 Å². The molecular formula is C22H26N4O4. The third-order valence-corrected chi connectivity index (χ3v) is 6.31. The largest absolute Gasteiger partial charge is 0.320 e. The van der Waals surface area contributed by atoms with E-state index in [1.54, 1.807) is 18.7 Å². The van der Waals surface area contributed by atoms with Gasteiger partial charge in [-0.25, -0.2) is 4.68 Å². The molecule has 8 nitrogen and oxygen atoms in total. The van der Waals surface area contributed by atoms with Crippen LogP contribution in [0.2, 0.25) is 0 Å². The molecule has 1 aliphatic heterocycles. The molecule has 2 aliphatic rings. The molecule has 2 aromatic rings. The van der Waals surface area contributed by atoms with E-state index in [9.17, 15) is 19.2 Å². The van der Waals surface area contributed by atoms with E-state index in [0.717, 1.165) is 25.7 Å². The van der Waals surface area contributed by atoms with Gasteiger partial charge in [-0.1, -0.05) is 31.0 Å². The summed E-state index contributed by atoms with van der Waals surface area (Å²) >= 11 is 0. The van der Waals surface area contributed by atoms with Crippen molar-refractivity contribution >= 4 is 23.4 Å². The van der Waals surface area contributed by atoms with Crippen molar-refractivity contribution in [3.05, 3.63) is 46.4 Å². The Bertz CT molecular complexity index is 1030. The lowest BCUT2D eigenvalue weighted by Crippen LogP contribution is -2.34. The third-order valence-electron chi connectivity index (χ3n) is 6.31. The van der Waals surface area contributed by atoms with Gasteiger partial charge in [-0.2, -0.15) is 0 Å². The van der Waals surface area contributed by atoms with E-state index in [-0.39, 0.29) is 47.9 Å². The number of likely N-dealkylation sites (tertiary alicyclic amines) is 1. The zero-order valence-corrected chi connectivity index (χ0v) is 17.3. The maximum Gasteiger partial charge on any atom is 0.295 e. The number of anilines is 1. The van der Waals surface area contributed by atoms with Crippen LogP contribution in [-0.2, 0) is 21.4 Å². The smallest absolute Gasteiger partial charge is 0.295 e. The van der Waals surface area contributed by atoms with Crippen LogP contribution in [0, 0.1) is 18.8 Å². The maximum absolute atomic E-state index is 12.9. The lowest BCUT2D eigenvalue weighted by molar-refractivity contribution is -0.140. The van der Waals surface area contributed by atoms with E-state index in [2.05, 4.69) is 5.32 Å². The minimum Gasteiger partial charge on any atom is -0.320 e. The van der Waals surface area contributed by atoms with Crippen molar-refractivity contribution in [1.29, 1.82) is 0 Å². The molecule has 30 heavy (non-hydrogen) atoms. The van der Waals surface area contributed by atoms with Crippen LogP contribution < -0.4 is 10.9 Å². The number of amides is 3. The fourth-order valence-electron chi connectivity index (χ4n) is 4.58. The Morgan fingerprint density at radius 1 is 1.03 bits per heavy atom. The Balaban J connectivity index is 1.46. The number of hydrogen-bond donors (Lipinski definition) is 1. The minimum atomic E-state index is -0.392. The monoisotopic (exact) mass is 410 g/mol. The van der Waals surface area contributed by atoms with Crippen LogP contribution in [0.3, 0.4) is 0 Å². The van der Waals surface area contributed by atoms with Gasteiger partial charge in [0.25, 0.3) is 5.56 Å². The molecule has 0 bridgehead atoms. The fraction of sp³-hybridized carbons (Fsp3) is 0.455. The van der Waals surface area contributed by atoms with Gasteiger partial charge in [-0.05, 0) is 31.9 Å². The summed E-state index contributed by atoms with van der Waals surface area (Å²) in [5.41, 5.74) is 1.20. The molecule has 2 heterocycles. The quantitative estimate of drug-likeness (QED) is 0.763. The highest BCUT2D eigenvalue weighted by Gasteiger charge is 2.47. The van der Waals surface area contributed by atoms with Crippen molar-refractivity contribution in [1.82, 2.24) is 14.3 Å². The maximum atomic E-state index is 12.9. The average molecular weight is 410 g/mol. The number of benzene rings is 1. The Kier molecular flexibility index (Phi) is 5.32. The highest BCUT2D eigenvalue weighted by Crippen LogP contribution is 2.37. The van der Waals surface area contributed by atoms with Gasteiger partial charge in [-0.15, -0.1) is 0 Å². The van der Waals surface area contributed by atoms with E-state index < -0.39 is 5.91 Å². The fourth-order valence-corrected chi connectivity index (χ4v) is 4.58. The normalized spacial score (nSPS) is 21.1. The molecule has 2 fully saturated rings. The molecule has 0 radical (unpaired) electrons. The van der Waals surface area contributed by atoms with E-state index in [4.69, 9.17) is 0 Å². The van der Waals surface area contributed by atoms with Gasteiger partial charge in [0, 0.05) is 20.0 Å². The summed E-state index contributed by atoms with van der Waals surface area (Å²) in [6, 6.07) is 9.17. The number of nitrogens with one attached hydrogen (secondary N) is 1. The number of nitrogens with zero attached hydrogens (tertiary/aromatic N) is 3. The van der Waals surface area contributed by atoms with Crippen LogP contribution in [0.4, 0.5) is 5.69 Å². The number of fused-ring (bicyclic) bond motifs is 1. The zero-order chi connectivity index (χ0) is 21.4. The predicted octanol–water partition coefficient (Wildman–Crippen LogP) is 1.99. The van der Waals surface area contributed by atoms with Crippen molar-refractivity contribution in [2.75, 3.05) is 11.9 Å². The van der Waals surface area contributed by atoms with Gasteiger partial charge in [0.2, 0.25) is 17.7 Å². The summed E-state index contributed by atoms with van der Waals surface area (Å²) in [7, 11) is 1.75. The summed E-state index contributed by atoms with van der Waals surface area (Å²) < 4.78 is 3.18. The second kappa shape index (κ2) is 7.93. The highest BCUT2D eigenvalue weighted by molar-refractivity contribution is 6.05. The SMILES string of the molecule is Cc1c(NC(=O)CCN2C(=O)C3CCCCC3C2=O)c(=O)n(-c2ccccc2)n1C. The average Bonchev–Trinajstić information content (AvgIpc) is 3.12. The van der Waals surface area contributed by atoms with E-state index in [1.807, 2.05) is 30.3 Å². The number of carbonyl (C=O) groups excluding carboxylic acids is 3. The zero-order valence-electron chi connectivity index (χ0n) is 17.3. The number of rotatable bonds is 5. The molecule has 1 N–H and O–H groups in total. The first-order chi connectivity index (χ1) is 14.4. The second-order valence-corrected chi connectivity index (χ2v) is 8.06. The Labute approximate surface area is 174 Å². The van der Waals surface area contributed by atoms with E-state index in [0.29, 0.717) is 11.4 Å². The molecule has 1 saturated carbocycles. The van der Waals surface area contributed by atoms with Crippen molar-refractivity contribution in [2.45, 2.75) is 39.0 Å². The van der Waals surface area contributed by atoms with Gasteiger partial charge in [0.05, 0.1) is 23.2 Å². The summed E-state index contributed by atoms with van der Waals surface area (Å²) in [5, 5.41) is 2.68. The van der Waals surface area contributed by atoms with Crippen LogP contribution in [0.15, 0.2) is 35.1 Å². The van der Waals surface area contributed by atoms with E-state index in [1.165, 1.54) is 9.58 Å². The number of aromatic nitrogens is 2. The molecule has 1 aromatic carbocycles. The number of imide groups is 1. The molecule has 4 rings (SSSR count). The number of carbonyl (C=O) groups is 3. The third kappa shape index (κ3) is 3.36. The topological polar surface area (TPSA) is 93.4 Å². The van der Waals surface area contributed by atoms with Crippen LogP contribution in [0.5, 0.6) is 0 Å². The Morgan fingerprint density at radius 3 is 2.23 bits per heavy atom. The summed E-state index contributed by atoms with van der Waals surface area (Å²) in [6.07, 6.45) is 3.40. The van der Waals surface area contributed by atoms with Gasteiger partial charge in [0.15, 0.2) is 0 Å². The van der Waals surface area contributed by atoms with Gasteiger partial charge >= 0.3 is 0 Å². The Hall–Kier alpha value is -3.16. The van der Waals surface area contributed by atoms with E-state index >= 15 is 0 Å². The second-order valence-electron chi connectivity index (χ2n) is 8.06. The predicted molar refractivity (Wildman–Crippen MR) is 111 cm³/mol. The van der Waals surface area contributed by atoms with Crippen LogP contribution in [-0.4, -0.2) is 38.5 Å². The Morgan fingerprint density at radius 2 is 1.63 bits per heavy atom. The van der Waals surface area contributed by atoms with Crippen molar-refractivity contribution in [3.8, 4) is 5.69 Å². The van der Waals surface area contributed by atoms with Gasteiger partial charge < -0.3 is 5.32 Å². The molecule has 1 aromatic heterocycles. The van der Waals surface area contributed by atoms with Crippen LogP contribution in [0.25, 0.3) is 5.69 Å². The van der Waals surface area contributed by atoms with Crippen LogP contribution in [0.1, 0.15) is 37.8 Å². The summed E-state index contributed by atoms with van der Waals surface area (Å²) in [4.78, 5) is 51.8. The summed E-state index contributed by atoms with van der Waals surface area (Å²) in [5.74, 6) is -1.14. The first-order valence-electron chi connectivity index (χ1n) is 10.4. The number of hydrogen-bond acceptors (Lipinski definition) is 4. The highest BCUT2D eigenvalue weighted by atomic mass is 16.2. The molecule has 0 spiro atoms. The first-order valence-corrected chi connectivity index (χ1v) is 10.4. The molecule has 1 aliphatic carbocycles. The molecule has 2 atom stereocenters. The van der Waals surface area contributed by atoms with Crippen molar-refractivity contribution in [2.24, 2.45) is 18.9 Å². The standard InChI is InChI=1S/C22H26N4O4/c1-14-19(22(30)26(24(14)2)15-8-4-3-5-9-15)23-18(27)12-13-25-20(28)16-10-6-7-11-17(16)21(25)29/h3-5,8-9,16-17H,6-7,10-13H2,1-2H3,(H,23,27). The molecule has 8 heteroatoms. The minimum absolute atomic E-state index is 0.0317. The molecule has 1 saturated heterocycles. The lowest BCUT2D eigenvalue weighted by atomic mass is 9.81. The molecule has 158 valence electrons. The summed E-state index contributed by atoms with van der Waals surface area (Å²) in [6.45, 7) is 1.81. The molecule has 2 unspecified atom stereocenters. The molecule has 3 amide bonds. The van der Waals surface area contributed by atoms with Crippen LogP contribution >= 0.6 is 0 Å². The van der Waals surface area contributed by atoms with Crippen molar-refractivity contribution in [3.63, 3.8) is 0 Å². The lowest BCUT2D eigenvalue weighted by Gasteiger charge is -2.19.